The first-order valence-electron chi connectivity index (χ1n) is 7.01. The van der Waals surface area contributed by atoms with Crippen LogP contribution >= 0.6 is 11.3 Å². The van der Waals surface area contributed by atoms with Gasteiger partial charge in [0.2, 0.25) is 5.13 Å². The van der Waals surface area contributed by atoms with Crippen molar-refractivity contribution < 1.29 is 0 Å². The normalized spacial score (nSPS) is 18.9. The standard InChI is InChI=1S/C15H16N4S/c16-11-5-1-3-7-13-10(11)9-17-19(13)15-18-12-6-2-4-8-14(12)20-15/h2,4,6,8-9,11H,1,3,5,7,16H2. The summed E-state index contributed by atoms with van der Waals surface area (Å²) >= 11 is 1.68. The molecule has 2 N–H and O–H groups in total. The van der Waals surface area contributed by atoms with Gasteiger partial charge in [-0.25, -0.2) is 9.67 Å². The van der Waals surface area contributed by atoms with Crippen molar-refractivity contribution in [1.29, 1.82) is 0 Å². The summed E-state index contributed by atoms with van der Waals surface area (Å²) in [5, 5.41) is 5.49. The number of para-hydroxylation sites is 1. The van der Waals surface area contributed by atoms with Crippen LogP contribution in [0.15, 0.2) is 30.5 Å². The molecule has 0 radical (unpaired) electrons. The number of benzene rings is 1. The minimum atomic E-state index is 0.121. The quantitative estimate of drug-likeness (QED) is 0.698. The highest BCUT2D eigenvalue weighted by Gasteiger charge is 2.21. The topological polar surface area (TPSA) is 56.7 Å². The molecular weight excluding hydrogens is 268 g/mol. The van der Waals surface area contributed by atoms with Crippen LogP contribution < -0.4 is 5.73 Å². The van der Waals surface area contributed by atoms with E-state index in [1.165, 1.54) is 28.8 Å². The summed E-state index contributed by atoms with van der Waals surface area (Å²) in [6.07, 6.45) is 6.39. The molecular formula is C15H16N4S. The minimum Gasteiger partial charge on any atom is -0.324 e. The van der Waals surface area contributed by atoms with Crippen molar-refractivity contribution in [2.45, 2.75) is 31.7 Å². The number of thiazole rings is 1. The van der Waals surface area contributed by atoms with E-state index in [4.69, 9.17) is 10.7 Å². The Morgan fingerprint density at radius 1 is 1.25 bits per heavy atom. The second-order valence-corrected chi connectivity index (χ2v) is 6.28. The predicted octanol–water partition coefficient (Wildman–Crippen LogP) is 3.21. The molecule has 0 bridgehead atoms. The number of aromatic nitrogens is 3. The SMILES string of the molecule is NC1CCCCc2c1cnn2-c1nc2ccccc2s1. The fourth-order valence-corrected chi connectivity index (χ4v) is 3.82. The van der Waals surface area contributed by atoms with Gasteiger partial charge in [0.25, 0.3) is 0 Å². The first kappa shape index (κ1) is 12.1. The molecule has 2 heterocycles. The number of nitrogens with zero attached hydrogens (tertiary/aromatic N) is 3. The second-order valence-electron chi connectivity index (χ2n) is 5.27. The number of fused-ring (bicyclic) bond motifs is 2. The first-order chi connectivity index (χ1) is 9.83. The third kappa shape index (κ3) is 1.85. The molecule has 0 amide bonds. The molecule has 2 aromatic heterocycles. The predicted molar refractivity (Wildman–Crippen MR) is 81.2 cm³/mol. The zero-order valence-electron chi connectivity index (χ0n) is 11.1. The van der Waals surface area contributed by atoms with Gasteiger partial charge in [0.05, 0.1) is 22.1 Å². The lowest BCUT2D eigenvalue weighted by Gasteiger charge is -2.07. The van der Waals surface area contributed by atoms with E-state index < -0.39 is 0 Å². The highest BCUT2D eigenvalue weighted by atomic mass is 32.1. The Morgan fingerprint density at radius 2 is 2.15 bits per heavy atom. The van der Waals surface area contributed by atoms with Gasteiger partial charge >= 0.3 is 0 Å². The van der Waals surface area contributed by atoms with Crippen LogP contribution in [-0.4, -0.2) is 14.8 Å². The smallest absolute Gasteiger partial charge is 0.211 e. The number of hydrogen-bond acceptors (Lipinski definition) is 4. The average Bonchev–Trinajstić information content (AvgIpc) is 3.02. The number of hydrogen-bond donors (Lipinski definition) is 1. The van der Waals surface area contributed by atoms with E-state index in [9.17, 15) is 0 Å². The maximum Gasteiger partial charge on any atom is 0.211 e. The lowest BCUT2D eigenvalue weighted by molar-refractivity contribution is 0.611. The Morgan fingerprint density at radius 3 is 3.05 bits per heavy atom. The highest BCUT2D eigenvalue weighted by Crippen LogP contribution is 2.31. The van der Waals surface area contributed by atoms with Gasteiger partial charge in [0, 0.05) is 11.6 Å². The summed E-state index contributed by atoms with van der Waals surface area (Å²) in [5.74, 6) is 0. The first-order valence-corrected chi connectivity index (χ1v) is 7.83. The summed E-state index contributed by atoms with van der Waals surface area (Å²) in [5.41, 5.74) is 9.72. The van der Waals surface area contributed by atoms with Crippen LogP contribution in [0.25, 0.3) is 15.3 Å². The highest BCUT2D eigenvalue weighted by molar-refractivity contribution is 7.20. The van der Waals surface area contributed by atoms with Crippen LogP contribution in [0.4, 0.5) is 0 Å². The lowest BCUT2D eigenvalue weighted by atomic mass is 10.1. The Kier molecular flexibility index (Phi) is 2.82. The maximum absolute atomic E-state index is 6.24. The van der Waals surface area contributed by atoms with Gasteiger partial charge < -0.3 is 5.73 Å². The van der Waals surface area contributed by atoms with E-state index in [1.54, 1.807) is 11.3 Å². The monoisotopic (exact) mass is 284 g/mol. The summed E-state index contributed by atoms with van der Waals surface area (Å²) in [7, 11) is 0. The van der Waals surface area contributed by atoms with E-state index in [0.717, 1.165) is 23.5 Å². The molecule has 0 saturated heterocycles. The Labute approximate surface area is 121 Å². The number of nitrogens with two attached hydrogens (primary N) is 1. The van der Waals surface area contributed by atoms with Crippen molar-refractivity contribution in [1.82, 2.24) is 14.8 Å². The Hall–Kier alpha value is -1.72. The Bertz CT molecular complexity index is 725. The zero-order valence-corrected chi connectivity index (χ0v) is 11.9. The summed E-state index contributed by atoms with van der Waals surface area (Å²) in [6, 6.07) is 8.33. The van der Waals surface area contributed by atoms with Gasteiger partial charge in [0.1, 0.15) is 0 Å². The van der Waals surface area contributed by atoms with Crippen LogP contribution in [-0.2, 0) is 6.42 Å². The molecule has 0 spiro atoms. The van der Waals surface area contributed by atoms with Crippen LogP contribution in [0, 0.1) is 0 Å². The average molecular weight is 284 g/mol. The Balaban J connectivity index is 1.86. The second kappa shape index (κ2) is 4.68. The van der Waals surface area contributed by atoms with E-state index in [1.807, 2.05) is 29.1 Å². The van der Waals surface area contributed by atoms with Crippen molar-refractivity contribution in [3.63, 3.8) is 0 Å². The van der Waals surface area contributed by atoms with Gasteiger partial charge in [0.15, 0.2) is 0 Å². The van der Waals surface area contributed by atoms with Gasteiger partial charge in [-0.05, 0) is 31.4 Å². The van der Waals surface area contributed by atoms with Gasteiger partial charge in [-0.15, -0.1) is 0 Å². The summed E-state index contributed by atoms with van der Waals surface area (Å²) in [4.78, 5) is 4.70. The number of rotatable bonds is 1. The molecule has 1 aromatic carbocycles. The fraction of sp³-hybridized carbons (Fsp3) is 0.333. The van der Waals surface area contributed by atoms with Gasteiger partial charge in [-0.3, -0.25) is 0 Å². The summed E-state index contributed by atoms with van der Waals surface area (Å²) in [6.45, 7) is 0. The van der Waals surface area contributed by atoms with Crippen LogP contribution in [0.5, 0.6) is 0 Å². The van der Waals surface area contributed by atoms with Crippen LogP contribution in [0.2, 0.25) is 0 Å². The van der Waals surface area contributed by atoms with Crippen molar-refractivity contribution in [3.05, 3.63) is 41.7 Å². The molecule has 4 rings (SSSR count). The van der Waals surface area contributed by atoms with Gasteiger partial charge in [-0.2, -0.15) is 5.10 Å². The van der Waals surface area contributed by atoms with E-state index >= 15 is 0 Å². The van der Waals surface area contributed by atoms with E-state index in [-0.39, 0.29) is 6.04 Å². The van der Waals surface area contributed by atoms with Crippen molar-refractivity contribution in [3.8, 4) is 5.13 Å². The summed E-state index contributed by atoms with van der Waals surface area (Å²) < 4.78 is 3.19. The lowest BCUT2D eigenvalue weighted by Crippen LogP contribution is -2.10. The molecule has 0 aliphatic heterocycles. The third-order valence-corrected chi connectivity index (χ3v) is 4.96. The maximum atomic E-state index is 6.24. The molecule has 3 aromatic rings. The van der Waals surface area contributed by atoms with Crippen LogP contribution in [0.1, 0.15) is 36.6 Å². The molecule has 20 heavy (non-hydrogen) atoms. The molecule has 1 atom stereocenters. The molecule has 1 aliphatic rings. The molecule has 1 unspecified atom stereocenters. The van der Waals surface area contributed by atoms with E-state index in [2.05, 4.69) is 11.2 Å². The molecule has 5 heteroatoms. The zero-order chi connectivity index (χ0) is 13.5. The largest absolute Gasteiger partial charge is 0.324 e. The molecule has 0 saturated carbocycles. The third-order valence-electron chi connectivity index (χ3n) is 3.94. The molecule has 102 valence electrons. The van der Waals surface area contributed by atoms with E-state index in [0.29, 0.717) is 0 Å². The molecule has 0 fully saturated rings. The fourth-order valence-electron chi connectivity index (χ4n) is 2.87. The minimum absolute atomic E-state index is 0.121. The molecule has 1 aliphatic carbocycles. The van der Waals surface area contributed by atoms with Crippen LogP contribution in [0.3, 0.4) is 0 Å². The van der Waals surface area contributed by atoms with Crippen molar-refractivity contribution in [2.24, 2.45) is 5.73 Å². The van der Waals surface area contributed by atoms with Crippen molar-refractivity contribution >= 4 is 21.6 Å². The van der Waals surface area contributed by atoms with Gasteiger partial charge in [-0.1, -0.05) is 29.9 Å². The van der Waals surface area contributed by atoms with Crippen molar-refractivity contribution in [2.75, 3.05) is 0 Å². The molecule has 4 nitrogen and oxygen atoms in total.